The molecule has 1 fully saturated rings. The lowest BCUT2D eigenvalue weighted by molar-refractivity contribution is 0.0989. The summed E-state index contributed by atoms with van der Waals surface area (Å²) < 4.78 is 1.03. The van der Waals surface area contributed by atoms with Gasteiger partial charge < -0.3 is 0 Å². The highest BCUT2D eigenvalue weighted by Crippen LogP contribution is 2.58. The highest BCUT2D eigenvalue weighted by Gasteiger charge is 2.58. The van der Waals surface area contributed by atoms with E-state index in [9.17, 15) is 4.79 Å². The number of rotatable bonds is 1. The summed E-state index contributed by atoms with van der Waals surface area (Å²) in [6, 6.07) is 7.55. The summed E-state index contributed by atoms with van der Waals surface area (Å²) in [7, 11) is 0. The van der Waals surface area contributed by atoms with Crippen LogP contribution in [0.15, 0.2) is 36.7 Å². The highest BCUT2D eigenvalue weighted by atomic mass is 127. The summed E-state index contributed by atoms with van der Waals surface area (Å²) in [4.78, 5) is 18.8. The topological polar surface area (TPSA) is 33.2 Å². The van der Waals surface area contributed by atoms with Crippen LogP contribution in [0.4, 0.5) is 5.69 Å². The molecule has 1 aromatic carbocycles. The summed E-state index contributed by atoms with van der Waals surface area (Å²) in [5.41, 5.74) is 2.51. The van der Waals surface area contributed by atoms with Gasteiger partial charge in [0.25, 0.3) is 5.91 Å². The van der Waals surface area contributed by atoms with E-state index in [1.165, 1.54) is 0 Å². The lowest BCUT2D eigenvalue weighted by Crippen LogP contribution is -2.33. The molecule has 0 bridgehead atoms. The Morgan fingerprint density at radius 1 is 1.25 bits per heavy atom. The molecule has 100 valence electrons. The number of halogens is 2. The van der Waals surface area contributed by atoms with Crippen LogP contribution in [0, 0.1) is 3.57 Å². The van der Waals surface area contributed by atoms with Gasteiger partial charge in [0.05, 0.1) is 17.4 Å². The Hall–Kier alpha value is -1.14. The van der Waals surface area contributed by atoms with Gasteiger partial charge in [-0.1, -0.05) is 11.6 Å². The van der Waals surface area contributed by atoms with Crippen LogP contribution in [0.25, 0.3) is 0 Å². The zero-order valence-corrected chi connectivity index (χ0v) is 13.4. The van der Waals surface area contributed by atoms with E-state index in [1.54, 1.807) is 18.5 Å². The first-order valence-corrected chi connectivity index (χ1v) is 7.83. The maximum atomic E-state index is 12.7. The van der Waals surface area contributed by atoms with Crippen molar-refractivity contribution in [3.63, 3.8) is 0 Å². The summed E-state index contributed by atoms with van der Waals surface area (Å²) in [6.07, 6.45) is 5.51. The van der Waals surface area contributed by atoms with Gasteiger partial charge in [-0.3, -0.25) is 14.7 Å². The number of fused-ring (bicyclic) bond motifs is 2. The Balaban J connectivity index is 1.90. The van der Waals surface area contributed by atoms with Crippen molar-refractivity contribution in [1.29, 1.82) is 0 Å². The molecule has 0 unspecified atom stereocenters. The average Bonchev–Trinajstić information content (AvgIpc) is 3.15. The van der Waals surface area contributed by atoms with Crippen molar-refractivity contribution >= 4 is 45.8 Å². The van der Waals surface area contributed by atoms with E-state index < -0.39 is 0 Å². The maximum absolute atomic E-state index is 12.7. The molecule has 1 amide bonds. The summed E-state index contributed by atoms with van der Waals surface area (Å²) in [5.74, 6) is 0.0537. The molecule has 5 heteroatoms. The van der Waals surface area contributed by atoms with Crippen LogP contribution in [0.3, 0.4) is 0 Å². The Morgan fingerprint density at radius 3 is 2.75 bits per heavy atom. The Morgan fingerprint density at radius 2 is 2.05 bits per heavy atom. The van der Waals surface area contributed by atoms with Gasteiger partial charge in [0.15, 0.2) is 0 Å². The molecule has 1 saturated carbocycles. The van der Waals surface area contributed by atoms with E-state index in [0.29, 0.717) is 5.02 Å². The fraction of sp³-hybridized carbons (Fsp3) is 0.200. The van der Waals surface area contributed by atoms with E-state index in [1.807, 2.05) is 23.1 Å². The first-order valence-electron chi connectivity index (χ1n) is 6.37. The predicted molar refractivity (Wildman–Crippen MR) is 86.1 cm³/mol. The molecule has 2 heterocycles. The number of carbonyl (C=O) groups excluding carboxylic acids is 1. The number of hydrogen-bond acceptors (Lipinski definition) is 2. The van der Waals surface area contributed by atoms with Crippen LogP contribution >= 0.6 is 34.2 Å². The number of aromatic nitrogens is 1. The van der Waals surface area contributed by atoms with Crippen LogP contribution < -0.4 is 4.90 Å². The molecule has 20 heavy (non-hydrogen) atoms. The number of hydrogen-bond donors (Lipinski definition) is 0. The van der Waals surface area contributed by atoms with E-state index >= 15 is 0 Å². The summed E-state index contributed by atoms with van der Waals surface area (Å²) in [5, 5.41) is 0.686. The minimum atomic E-state index is -0.191. The van der Waals surface area contributed by atoms with Crippen molar-refractivity contribution < 1.29 is 4.79 Å². The largest absolute Gasteiger partial charge is 0.296 e. The molecule has 1 aliphatic heterocycles. The zero-order chi connectivity index (χ0) is 13.9. The quantitative estimate of drug-likeness (QED) is 0.683. The molecule has 4 rings (SSSR count). The Kier molecular flexibility index (Phi) is 2.63. The zero-order valence-electron chi connectivity index (χ0n) is 10.4. The number of pyridine rings is 1. The van der Waals surface area contributed by atoms with Crippen LogP contribution in [0.1, 0.15) is 28.8 Å². The second-order valence-electron chi connectivity index (χ2n) is 5.22. The molecule has 2 aromatic rings. The molecule has 0 atom stereocenters. The predicted octanol–water partition coefficient (Wildman–Crippen LogP) is 3.99. The molecular weight excluding hydrogens is 387 g/mol. The number of nitrogens with zero attached hydrogens (tertiary/aromatic N) is 2. The van der Waals surface area contributed by atoms with E-state index in [-0.39, 0.29) is 11.4 Å². The molecule has 1 aromatic heterocycles. The van der Waals surface area contributed by atoms with Gasteiger partial charge >= 0.3 is 0 Å². The highest BCUT2D eigenvalue weighted by molar-refractivity contribution is 14.1. The smallest absolute Gasteiger partial charge is 0.259 e. The average molecular weight is 397 g/mol. The summed E-state index contributed by atoms with van der Waals surface area (Å²) >= 11 is 8.32. The van der Waals surface area contributed by atoms with Crippen molar-refractivity contribution in [1.82, 2.24) is 4.98 Å². The van der Waals surface area contributed by atoms with Crippen molar-refractivity contribution in [2.75, 3.05) is 4.90 Å². The molecule has 2 aliphatic rings. The maximum Gasteiger partial charge on any atom is 0.259 e. The normalized spacial score (nSPS) is 18.5. The fourth-order valence-corrected chi connectivity index (χ4v) is 3.67. The van der Waals surface area contributed by atoms with Gasteiger partial charge in [-0.05, 0) is 65.3 Å². The Labute approximate surface area is 135 Å². The van der Waals surface area contributed by atoms with E-state index in [2.05, 4.69) is 27.6 Å². The standard InChI is InChI=1S/C15H10ClIN2O/c16-9-1-2-12-13(5-9)15(3-4-15)19(14(12)20)11-6-10(17)7-18-8-11/h1-2,5-8H,3-4H2. The van der Waals surface area contributed by atoms with Gasteiger partial charge in [0.2, 0.25) is 0 Å². The number of carbonyl (C=O) groups is 1. The van der Waals surface area contributed by atoms with Crippen molar-refractivity contribution in [3.05, 3.63) is 56.4 Å². The monoisotopic (exact) mass is 396 g/mol. The van der Waals surface area contributed by atoms with Gasteiger partial charge in [0.1, 0.15) is 0 Å². The number of benzene rings is 1. The van der Waals surface area contributed by atoms with Crippen LogP contribution in [-0.2, 0) is 5.54 Å². The van der Waals surface area contributed by atoms with Crippen molar-refractivity contribution in [2.45, 2.75) is 18.4 Å². The van der Waals surface area contributed by atoms with Crippen LogP contribution in [0.5, 0.6) is 0 Å². The SMILES string of the molecule is O=C1c2ccc(Cl)cc2C2(CC2)N1c1cncc(I)c1. The van der Waals surface area contributed by atoms with E-state index in [0.717, 1.165) is 33.2 Å². The van der Waals surface area contributed by atoms with Gasteiger partial charge in [-0.2, -0.15) is 0 Å². The summed E-state index contributed by atoms with van der Waals surface area (Å²) in [6.45, 7) is 0. The molecule has 0 saturated heterocycles. The molecule has 3 nitrogen and oxygen atoms in total. The molecular formula is C15H10ClIN2O. The minimum absolute atomic E-state index is 0.0537. The second kappa shape index (κ2) is 4.18. The minimum Gasteiger partial charge on any atom is -0.296 e. The fourth-order valence-electron chi connectivity index (χ4n) is 3.02. The van der Waals surface area contributed by atoms with Gasteiger partial charge in [-0.25, -0.2) is 0 Å². The second-order valence-corrected chi connectivity index (χ2v) is 6.91. The number of amides is 1. The molecule has 0 N–H and O–H groups in total. The molecule has 1 spiro atoms. The van der Waals surface area contributed by atoms with Gasteiger partial charge in [-0.15, -0.1) is 0 Å². The first kappa shape index (κ1) is 12.6. The van der Waals surface area contributed by atoms with Crippen LogP contribution in [-0.4, -0.2) is 10.9 Å². The van der Waals surface area contributed by atoms with E-state index in [4.69, 9.17) is 11.6 Å². The third-order valence-electron chi connectivity index (χ3n) is 4.02. The molecule has 0 radical (unpaired) electrons. The number of anilines is 1. The Bertz CT molecular complexity index is 742. The first-order chi connectivity index (χ1) is 9.62. The lowest BCUT2D eigenvalue weighted by atomic mass is 10.0. The lowest BCUT2D eigenvalue weighted by Gasteiger charge is -2.25. The third-order valence-corrected chi connectivity index (χ3v) is 4.84. The van der Waals surface area contributed by atoms with Gasteiger partial charge in [0, 0.05) is 20.4 Å². The van der Waals surface area contributed by atoms with Crippen LogP contribution in [0.2, 0.25) is 5.02 Å². The third kappa shape index (κ3) is 1.64. The van der Waals surface area contributed by atoms with Crippen molar-refractivity contribution in [2.24, 2.45) is 0 Å². The van der Waals surface area contributed by atoms with Crippen molar-refractivity contribution in [3.8, 4) is 0 Å². The molecule has 1 aliphatic carbocycles.